The third-order valence-corrected chi connectivity index (χ3v) is 45.8. The number of aliphatic hydroxyl groups excluding tert-OH is 1. The maximum Gasteiger partial charge on any atom is 0.300 e. The van der Waals surface area contributed by atoms with E-state index in [9.17, 15) is 0 Å². The summed E-state index contributed by atoms with van der Waals surface area (Å²) in [5, 5.41) is 16.6. The molecule has 0 aliphatic carbocycles. The first-order valence-corrected chi connectivity index (χ1v) is 18.5. The molecule has 1 atom stereocenters. The molecule has 4 nitrogen and oxygen atoms in total. The lowest BCUT2D eigenvalue weighted by atomic mass is 10.2. The first-order chi connectivity index (χ1) is 9.21. The third kappa shape index (κ3) is 5.31. The van der Waals surface area contributed by atoms with E-state index in [2.05, 4.69) is 46.6 Å². The fourth-order valence-corrected chi connectivity index (χ4v) is 37.0. The number of rotatable bonds is 3. The second kappa shape index (κ2) is 7.08. The molecule has 7 heteroatoms. The second-order valence-corrected chi connectivity index (χ2v) is 34.9. The molecule has 21 heavy (non-hydrogen) atoms. The summed E-state index contributed by atoms with van der Waals surface area (Å²) in [6, 6.07) is 2.46. The molecule has 1 fully saturated rings. The molecule has 0 amide bonds. The van der Waals surface area contributed by atoms with Crippen LogP contribution in [0, 0.1) is 0 Å². The molecule has 0 radical (unpaired) electrons. The first kappa shape index (κ1) is 21.0. The van der Waals surface area contributed by atoms with Crippen molar-refractivity contribution in [2.45, 2.75) is 77.6 Å². The fraction of sp³-hybridized carbons (Fsp3) is 0.929. The molecule has 0 aromatic heterocycles. The Morgan fingerprint density at radius 3 is 2.00 bits per heavy atom. The quantitative estimate of drug-likeness (QED) is 0.765. The Bertz CT molecular complexity index is 365. The van der Waals surface area contributed by atoms with Crippen LogP contribution in [0.25, 0.3) is 0 Å². The van der Waals surface area contributed by atoms with Crippen molar-refractivity contribution in [1.82, 2.24) is 0 Å². The van der Waals surface area contributed by atoms with Gasteiger partial charge in [0.25, 0.3) is 5.97 Å². The second-order valence-electron chi connectivity index (χ2n) is 8.12. The van der Waals surface area contributed by atoms with Crippen LogP contribution in [0.2, 0.25) is 44.8 Å². The van der Waals surface area contributed by atoms with Gasteiger partial charge in [-0.2, -0.15) is 0 Å². The van der Waals surface area contributed by atoms with E-state index in [0.717, 1.165) is 19.4 Å². The lowest BCUT2D eigenvalue weighted by Crippen LogP contribution is -2.78. The minimum atomic E-state index is -1.62. The number of carbonyl (C=O) groups is 1. The Kier molecular flexibility index (Phi) is 7.09. The van der Waals surface area contributed by atoms with Gasteiger partial charge in [-0.3, -0.25) is 4.79 Å². The lowest BCUT2D eigenvalue weighted by molar-refractivity contribution is -0.134. The summed E-state index contributed by atoms with van der Waals surface area (Å²) >= 11 is 0. The summed E-state index contributed by atoms with van der Waals surface area (Å²) in [5.41, 5.74) is 0.0780. The van der Waals surface area contributed by atoms with Crippen LogP contribution in [-0.4, -0.2) is 50.9 Å². The third-order valence-electron chi connectivity index (χ3n) is 5.20. The largest absolute Gasteiger partial charge is 0.481 e. The number of aliphatic carboxylic acids is 1. The molecule has 0 spiro atoms. The van der Waals surface area contributed by atoms with Crippen molar-refractivity contribution < 1.29 is 19.4 Å². The van der Waals surface area contributed by atoms with E-state index in [0.29, 0.717) is 6.61 Å². The van der Waals surface area contributed by atoms with E-state index in [1.54, 1.807) is 0 Å². The molecular weight excluding hydrogens is 316 g/mol. The Morgan fingerprint density at radius 1 is 1.19 bits per heavy atom. The highest BCUT2D eigenvalue weighted by atomic mass is 29.6. The van der Waals surface area contributed by atoms with Gasteiger partial charge in [-0.05, 0) is 38.9 Å². The maximum absolute atomic E-state index is 9.14. The van der Waals surface area contributed by atoms with Crippen molar-refractivity contribution >= 4 is 28.5 Å². The van der Waals surface area contributed by atoms with Gasteiger partial charge < -0.3 is 14.6 Å². The summed E-state index contributed by atoms with van der Waals surface area (Å²) < 4.78 is 6.64. The monoisotopic (exact) mass is 350 g/mol. The highest BCUT2D eigenvalue weighted by molar-refractivity contribution is 7.67. The Labute approximate surface area is 132 Å². The molecule has 1 unspecified atom stereocenters. The summed E-state index contributed by atoms with van der Waals surface area (Å²) in [4.78, 5) is 9.00. The normalized spacial score (nSPS) is 29.2. The van der Waals surface area contributed by atoms with Crippen LogP contribution >= 0.6 is 0 Å². The first-order valence-electron chi connectivity index (χ1n) is 7.71. The van der Waals surface area contributed by atoms with Gasteiger partial charge in [0.05, 0.1) is 7.11 Å². The van der Waals surface area contributed by atoms with Crippen LogP contribution in [0.3, 0.4) is 0 Å². The van der Waals surface area contributed by atoms with Gasteiger partial charge in [0.2, 0.25) is 0 Å². The molecule has 126 valence electrons. The van der Waals surface area contributed by atoms with Gasteiger partial charge in [-0.25, -0.2) is 0 Å². The van der Waals surface area contributed by atoms with Crippen molar-refractivity contribution in [2.24, 2.45) is 0 Å². The van der Waals surface area contributed by atoms with Crippen molar-refractivity contribution in [1.29, 1.82) is 0 Å². The Balaban J connectivity index is 0.000000885. The van der Waals surface area contributed by atoms with Gasteiger partial charge in [-0.1, -0.05) is 26.2 Å². The van der Waals surface area contributed by atoms with E-state index in [1.807, 2.05) is 0 Å². The van der Waals surface area contributed by atoms with Crippen molar-refractivity contribution in [3.63, 3.8) is 0 Å². The topological polar surface area (TPSA) is 66.8 Å². The van der Waals surface area contributed by atoms with Gasteiger partial charge >= 0.3 is 0 Å². The molecule has 1 saturated heterocycles. The zero-order valence-corrected chi connectivity index (χ0v) is 18.0. The molecule has 0 aromatic carbocycles. The maximum atomic E-state index is 9.14. The molecular formula is C14H34O4Si3. The van der Waals surface area contributed by atoms with Crippen LogP contribution in [0.4, 0.5) is 0 Å². The Morgan fingerprint density at radius 2 is 1.62 bits per heavy atom. The molecule has 0 aromatic rings. The number of carboxylic acids is 1. The van der Waals surface area contributed by atoms with Crippen LogP contribution in [-0.2, 0) is 9.22 Å². The zero-order chi connectivity index (χ0) is 17.1. The number of hydrogen-bond acceptors (Lipinski definition) is 3. The Hall–Kier alpha value is 0.0406. The van der Waals surface area contributed by atoms with Crippen LogP contribution in [0.15, 0.2) is 0 Å². The summed E-state index contributed by atoms with van der Waals surface area (Å²) in [7, 11) is -4.01. The minimum absolute atomic E-state index is 0.0780. The molecule has 1 heterocycles. The van der Waals surface area contributed by atoms with Crippen LogP contribution < -0.4 is 0 Å². The van der Waals surface area contributed by atoms with Crippen molar-refractivity contribution in [3.05, 3.63) is 0 Å². The lowest BCUT2D eigenvalue weighted by Gasteiger charge is -2.59. The van der Waals surface area contributed by atoms with E-state index < -0.39 is 28.5 Å². The molecule has 1 rings (SSSR count). The summed E-state index contributed by atoms with van der Waals surface area (Å²) in [6.07, 6.45) is 0.930. The number of hydrogen-bond donors (Lipinski definition) is 2. The molecule has 2 N–H and O–H groups in total. The van der Waals surface area contributed by atoms with E-state index >= 15 is 0 Å². The summed E-state index contributed by atoms with van der Waals surface area (Å²) in [6.45, 7) is 18.7. The van der Waals surface area contributed by atoms with Crippen molar-refractivity contribution in [2.75, 3.05) is 6.61 Å². The molecule has 0 bridgehead atoms. The van der Waals surface area contributed by atoms with Gasteiger partial charge in [0.1, 0.15) is 0 Å². The van der Waals surface area contributed by atoms with E-state index in [4.69, 9.17) is 19.4 Å². The standard InChI is InChI=1S/C12H30O2Si3.C2H4O2/c1-12(2)11-15(3,4)16(5,6)17(7,14-12)10-8-9-13;1-2(3)4/h13H,8-11H2,1-7H3;1H3,(H,3,4). The SMILES string of the molecule is CC(=O)O.CC1(C)C[Si](C)(C)[Si](C)(C)[Si](C)(CCCO)O1. The fourth-order valence-electron chi connectivity index (χ4n) is 3.55. The zero-order valence-electron chi connectivity index (χ0n) is 15.0. The average Bonchev–Trinajstić information content (AvgIpc) is 2.21. The predicted molar refractivity (Wildman–Crippen MR) is 96.4 cm³/mol. The molecule has 1 aliphatic heterocycles. The average molecular weight is 351 g/mol. The number of carboxylic acid groups (broad SMARTS) is 1. The van der Waals surface area contributed by atoms with E-state index in [1.165, 1.54) is 6.04 Å². The molecule has 1 aliphatic rings. The van der Waals surface area contributed by atoms with Crippen molar-refractivity contribution in [3.8, 4) is 0 Å². The van der Waals surface area contributed by atoms with Crippen LogP contribution in [0.5, 0.6) is 0 Å². The predicted octanol–water partition coefficient (Wildman–Crippen LogP) is 3.42. The minimum Gasteiger partial charge on any atom is -0.481 e. The van der Waals surface area contributed by atoms with Gasteiger partial charge in [-0.15, -0.1) is 0 Å². The van der Waals surface area contributed by atoms with Crippen LogP contribution in [0.1, 0.15) is 27.2 Å². The van der Waals surface area contributed by atoms with Gasteiger partial charge in [0.15, 0.2) is 7.83 Å². The summed E-state index contributed by atoms with van der Waals surface area (Å²) in [5.74, 6) is -0.833. The van der Waals surface area contributed by atoms with E-state index in [-0.39, 0.29) is 5.60 Å². The smallest absolute Gasteiger partial charge is 0.300 e. The number of aliphatic hydroxyl groups is 1. The highest BCUT2D eigenvalue weighted by Crippen LogP contribution is 2.45. The highest BCUT2D eigenvalue weighted by Gasteiger charge is 2.61. The molecule has 0 saturated carbocycles. The van der Waals surface area contributed by atoms with Gasteiger partial charge in [0, 0.05) is 26.7 Å².